The van der Waals surface area contributed by atoms with Crippen molar-refractivity contribution in [3.05, 3.63) is 18.0 Å². The highest BCUT2D eigenvalue weighted by molar-refractivity contribution is 5.69. The predicted octanol–water partition coefficient (Wildman–Crippen LogP) is 2.83. The summed E-state index contributed by atoms with van der Waals surface area (Å²) >= 11 is 0. The van der Waals surface area contributed by atoms with Crippen LogP contribution in [-0.2, 0) is 18.2 Å². The Morgan fingerprint density at radius 1 is 1.28 bits per heavy atom. The second kappa shape index (κ2) is 7.36. The van der Waals surface area contributed by atoms with E-state index in [-0.39, 0.29) is 6.09 Å². The molecule has 0 radical (unpaired) electrons. The molecule has 2 aliphatic heterocycles. The van der Waals surface area contributed by atoms with Crippen LogP contribution >= 0.6 is 0 Å². The second-order valence-electron chi connectivity index (χ2n) is 8.49. The first-order valence-electron chi connectivity index (χ1n) is 9.53. The lowest BCUT2D eigenvalue weighted by Gasteiger charge is -2.31. The van der Waals surface area contributed by atoms with Crippen LogP contribution in [0.3, 0.4) is 0 Å². The standard InChI is InChI=1S/C19H32N4O2/c1-19(2,3)25-18(24)23-16-7-8-17(23)14-22(11-9-16)10-5-6-15-12-20-21(4)13-15/h12-13,16-17H,5-11,14H2,1-4H3. The van der Waals surface area contributed by atoms with Crippen molar-refractivity contribution in [2.45, 2.75) is 70.6 Å². The number of hydrogen-bond donors (Lipinski definition) is 0. The number of amides is 1. The van der Waals surface area contributed by atoms with Gasteiger partial charge >= 0.3 is 6.09 Å². The lowest BCUT2D eigenvalue weighted by Crippen LogP contribution is -2.45. The highest BCUT2D eigenvalue weighted by atomic mass is 16.6. The molecule has 2 aliphatic rings. The van der Waals surface area contributed by atoms with Crippen molar-refractivity contribution in [2.75, 3.05) is 19.6 Å². The van der Waals surface area contributed by atoms with Gasteiger partial charge in [-0.3, -0.25) is 4.68 Å². The number of aryl methyl sites for hydroxylation is 2. The van der Waals surface area contributed by atoms with Gasteiger partial charge in [0.25, 0.3) is 0 Å². The van der Waals surface area contributed by atoms with Gasteiger partial charge in [-0.1, -0.05) is 0 Å². The number of rotatable bonds is 4. The molecule has 0 saturated carbocycles. The smallest absolute Gasteiger partial charge is 0.410 e. The van der Waals surface area contributed by atoms with Gasteiger partial charge in [0, 0.05) is 38.4 Å². The highest BCUT2D eigenvalue weighted by Gasteiger charge is 2.41. The third-order valence-corrected chi connectivity index (χ3v) is 5.17. The maximum atomic E-state index is 12.6. The molecule has 25 heavy (non-hydrogen) atoms. The van der Waals surface area contributed by atoms with E-state index < -0.39 is 5.60 Å². The van der Waals surface area contributed by atoms with Crippen LogP contribution in [0.4, 0.5) is 4.79 Å². The molecule has 140 valence electrons. The number of ether oxygens (including phenoxy) is 1. The molecule has 2 fully saturated rings. The molecule has 0 spiro atoms. The van der Waals surface area contributed by atoms with Gasteiger partial charge in [-0.25, -0.2) is 4.79 Å². The molecular weight excluding hydrogens is 316 g/mol. The Kier molecular flexibility index (Phi) is 5.37. The lowest BCUT2D eigenvalue weighted by molar-refractivity contribution is 0.0153. The van der Waals surface area contributed by atoms with Crippen molar-refractivity contribution in [1.29, 1.82) is 0 Å². The zero-order valence-corrected chi connectivity index (χ0v) is 16.1. The number of fused-ring (bicyclic) bond motifs is 2. The molecule has 2 unspecified atom stereocenters. The summed E-state index contributed by atoms with van der Waals surface area (Å²) in [5.74, 6) is 0. The fraction of sp³-hybridized carbons (Fsp3) is 0.789. The van der Waals surface area contributed by atoms with Crippen molar-refractivity contribution in [1.82, 2.24) is 19.6 Å². The van der Waals surface area contributed by atoms with Gasteiger partial charge in [-0.15, -0.1) is 0 Å². The van der Waals surface area contributed by atoms with Crippen molar-refractivity contribution in [2.24, 2.45) is 7.05 Å². The second-order valence-corrected chi connectivity index (χ2v) is 8.49. The fourth-order valence-electron chi connectivity index (χ4n) is 4.07. The molecule has 6 heteroatoms. The normalized spacial score (nSPS) is 24.4. The van der Waals surface area contributed by atoms with E-state index >= 15 is 0 Å². The first-order valence-corrected chi connectivity index (χ1v) is 9.53. The topological polar surface area (TPSA) is 50.6 Å². The van der Waals surface area contributed by atoms with Gasteiger partial charge < -0.3 is 14.5 Å². The SMILES string of the molecule is Cn1cc(CCCN2CCC3CCC(C2)N3C(=O)OC(C)(C)C)cn1. The Labute approximate surface area is 151 Å². The maximum absolute atomic E-state index is 12.6. The molecule has 0 aromatic carbocycles. The van der Waals surface area contributed by atoms with Crippen LogP contribution in [0, 0.1) is 0 Å². The minimum absolute atomic E-state index is 0.128. The van der Waals surface area contributed by atoms with E-state index in [2.05, 4.69) is 16.2 Å². The number of carbonyl (C=O) groups excluding carboxylic acids is 1. The summed E-state index contributed by atoms with van der Waals surface area (Å²) in [5, 5.41) is 4.23. The van der Waals surface area contributed by atoms with Crippen LogP contribution < -0.4 is 0 Å². The molecular formula is C19H32N4O2. The van der Waals surface area contributed by atoms with Gasteiger partial charge in [0.15, 0.2) is 0 Å². The van der Waals surface area contributed by atoms with Crippen LogP contribution in [-0.4, -0.2) is 63.0 Å². The summed E-state index contributed by atoms with van der Waals surface area (Å²) in [5.41, 5.74) is 0.876. The van der Waals surface area contributed by atoms with Gasteiger partial charge in [-0.05, 0) is 65.0 Å². The van der Waals surface area contributed by atoms with Gasteiger partial charge in [0.05, 0.1) is 6.20 Å². The van der Waals surface area contributed by atoms with E-state index in [4.69, 9.17) is 4.74 Å². The zero-order chi connectivity index (χ0) is 18.0. The van der Waals surface area contributed by atoms with Gasteiger partial charge in [0.1, 0.15) is 5.60 Å². The van der Waals surface area contributed by atoms with E-state index in [1.54, 1.807) is 0 Å². The van der Waals surface area contributed by atoms with E-state index in [1.807, 2.05) is 43.6 Å². The molecule has 1 aromatic heterocycles. The average Bonchev–Trinajstić information content (AvgIpc) is 3.02. The highest BCUT2D eigenvalue weighted by Crippen LogP contribution is 2.31. The quantitative estimate of drug-likeness (QED) is 0.839. The van der Waals surface area contributed by atoms with E-state index in [1.165, 1.54) is 5.56 Å². The van der Waals surface area contributed by atoms with Crippen molar-refractivity contribution in [3.8, 4) is 0 Å². The molecule has 1 aromatic rings. The van der Waals surface area contributed by atoms with Crippen LogP contribution in [0.2, 0.25) is 0 Å². The van der Waals surface area contributed by atoms with E-state index in [9.17, 15) is 4.79 Å². The molecule has 0 aliphatic carbocycles. The van der Waals surface area contributed by atoms with Crippen molar-refractivity contribution < 1.29 is 9.53 Å². The Bertz CT molecular complexity index is 592. The van der Waals surface area contributed by atoms with Gasteiger partial charge in [-0.2, -0.15) is 5.10 Å². The monoisotopic (exact) mass is 348 g/mol. The molecule has 2 saturated heterocycles. The van der Waals surface area contributed by atoms with Crippen LogP contribution in [0.15, 0.2) is 12.4 Å². The number of carbonyl (C=O) groups is 1. The summed E-state index contributed by atoms with van der Waals surface area (Å²) in [6.07, 6.45) is 9.39. The Morgan fingerprint density at radius 3 is 2.72 bits per heavy atom. The Morgan fingerprint density at radius 2 is 2.04 bits per heavy atom. The maximum Gasteiger partial charge on any atom is 0.410 e. The molecule has 3 heterocycles. The fourth-order valence-corrected chi connectivity index (χ4v) is 4.07. The number of aromatic nitrogens is 2. The molecule has 1 amide bonds. The predicted molar refractivity (Wildman–Crippen MR) is 97.5 cm³/mol. The third kappa shape index (κ3) is 4.75. The minimum atomic E-state index is -0.424. The van der Waals surface area contributed by atoms with Gasteiger partial charge in [0.2, 0.25) is 0 Å². The zero-order valence-electron chi connectivity index (χ0n) is 16.1. The van der Waals surface area contributed by atoms with E-state index in [0.717, 1.165) is 51.7 Å². The average molecular weight is 348 g/mol. The third-order valence-electron chi connectivity index (χ3n) is 5.17. The summed E-state index contributed by atoms with van der Waals surface area (Å²) < 4.78 is 7.51. The number of hydrogen-bond acceptors (Lipinski definition) is 4. The van der Waals surface area contributed by atoms with Crippen LogP contribution in [0.1, 0.15) is 52.0 Å². The van der Waals surface area contributed by atoms with E-state index in [0.29, 0.717) is 12.1 Å². The Hall–Kier alpha value is -1.56. The Balaban J connectivity index is 1.52. The first-order chi connectivity index (χ1) is 11.8. The summed E-state index contributed by atoms with van der Waals surface area (Å²) in [4.78, 5) is 17.2. The number of likely N-dealkylation sites (tertiary alicyclic amines) is 1. The molecule has 2 atom stereocenters. The van der Waals surface area contributed by atoms with Crippen molar-refractivity contribution >= 4 is 6.09 Å². The summed E-state index contributed by atoms with van der Waals surface area (Å²) in [6.45, 7) is 8.96. The largest absolute Gasteiger partial charge is 0.444 e. The molecule has 3 rings (SSSR count). The van der Waals surface area contributed by atoms with Crippen molar-refractivity contribution in [3.63, 3.8) is 0 Å². The number of nitrogens with zero attached hydrogens (tertiary/aromatic N) is 4. The first kappa shape index (κ1) is 18.2. The molecule has 6 nitrogen and oxygen atoms in total. The van der Waals surface area contributed by atoms with Crippen LogP contribution in [0.25, 0.3) is 0 Å². The minimum Gasteiger partial charge on any atom is -0.444 e. The molecule has 2 bridgehead atoms. The lowest BCUT2D eigenvalue weighted by atomic mass is 10.1. The molecule has 0 N–H and O–H groups in total. The summed E-state index contributed by atoms with van der Waals surface area (Å²) in [6, 6.07) is 0.656. The van der Waals surface area contributed by atoms with Crippen LogP contribution in [0.5, 0.6) is 0 Å². The summed E-state index contributed by atoms with van der Waals surface area (Å²) in [7, 11) is 1.96.